The first-order chi connectivity index (χ1) is 3.95. The van der Waals surface area contributed by atoms with E-state index in [1.54, 1.807) is 0 Å². The van der Waals surface area contributed by atoms with E-state index in [4.69, 9.17) is 52.0 Å². The van der Waals surface area contributed by atoms with Gasteiger partial charge < -0.3 is 0 Å². The van der Waals surface area contributed by atoms with Gasteiger partial charge >= 0.3 is 0 Å². The molecule has 0 heterocycles. The fourth-order valence-corrected chi connectivity index (χ4v) is 0.702. The highest BCUT2D eigenvalue weighted by Crippen LogP contribution is 2.29. The Morgan fingerprint density at radius 1 is 1.44 bits per heavy atom. The highest BCUT2D eigenvalue weighted by Gasteiger charge is 2.21. The number of hydrogen-bond acceptors (Lipinski definition) is 1. The van der Waals surface area contributed by atoms with Gasteiger partial charge in [-0.25, -0.2) is 0 Å². The molecule has 6 heteroatoms. The van der Waals surface area contributed by atoms with Gasteiger partial charge in [-0.3, -0.25) is 10.2 Å². The average molecular weight is 210 g/mol. The van der Waals surface area contributed by atoms with Crippen LogP contribution in [0.2, 0.25) is 0 Å². The molecule has 0 amide bonds. The highest BCUT2D eigenvalue weighted by atomic mass is 35.6. The first-order valence-corrected chi connectivity index (χ1v) is 3.47. The Balaban J connectivity index is 3.60. The molecule has 0 aliphatic rings. The predicted octanol–water partition coefficient (Wildman–Crippen LogP) is 2.47. The van der Waals surface area contributed by atoms with Gasteiger partial charge in [0, 0.05) is 11.8 Å². The van der Waals surface area contributed by atoms with Crippen molar-refractivity contribution in [3.05, 3.63) is 0 Å². The normalized spacial score (nSPS) is 11.1. The van der Waals surface area contributed by atoms with Crippen LogP contribution in [0.5, 0.6) is 0 Å². The molecule has 0 saturated carbocycles. The Morgan fingerprint density at radius 3 is 2.00 bits per heavy atom. The molecule has 9 heavy (non-hydrogen) atoms. The second-order valence-electron chi connectivity index (χ2n) is 1.36. The minimum atomic E-state index is -1.43. The minimum absolute atomic E-state index is 0.0127. The number of amidine groups is 1. The van der Waals surface area contributed by atoms with Gasteiger partial charge in [-0.05, 0) is 0 Å². The third-order valence-corrected chi connectivity index (χ3v) is 1.12. The van der Waals surface area contributed by atoms with Crippen molar-refractivity contribution in [3.8, 4) is 0 Å². The van der Waals surface area contributed by atoms with E-state index < -0.39 is 3.79 Å². The van der Waals surface area contributed by atoms with E-state index in [1.165, 1.54) is 0 Å². The van der Waals surface area contributed by atoms with Gasteiger partial charge in [0.15, 0.2) is 3.79 Å². The molecule has 2 N–H and O–H groups in total. The highest BCUT2D eigenvalue weighted by molar-refractivity contribution is 6.68. The van der Waals surface area contributed by atoms with Gasteiger partial charge in [-0.1, -0.05) is 34.8 Å². The molecule has 0 aromatic heterocycles. The van der Waals surface area contributed by atoms with Crippen LogP contribution in [0.15, 0.2) is 0 Å². The molecule has 0 aromatic carbocycles. The molecule has 54 valence electrons. The van der Waals surface area contributed by atoms with E-state index in [0.717, 1.165) is 0 Å². The van der Waals surface area contributed by atoms with Crippen LogP contribution < -0.4 is 4.84 Å². The van der Waals surface area contributed by atoms with Gasteiger partial charge in [0.1, 0.15) is 5.84 Å². The van der Waals surface area contributed by atoms with Crippen molar-refractivity contribution in [3.63, 3.8) is 0 Å². The summed E-state index contributed by atoms with van der Waals surface area (Å²) >= 11 is 20.9. The number of nitrogens with one attached hydrogen (secondary N) is 2. The molecule has 0 fully saturated rings. The van der Waals surface area contributed by atoms with Crippen LogP contribution in [0.3, 0.4) is 0 Å². The summed E-state index contributed by atoms with van der Waals surface area (Å²) in [6.07, 6.45) is -0.0127. The average Bonchev–Trinajstić information content (AvgIpc) is 1.62. The van der Waals surface area contributed by atoms with E-state index in [0.29, 0.717) is 0 Å². The lowest BCUT2D eigenvalue weighted by Crippen LogP contribution is -2.18. The zero-order valence-corrected chi connectivity index (χ0v) is 7.24. The van der Waals surface area contributed by atoms with Crippen molar-refractivity contribution in [2.24, 2.45) is 0 Å². The molecule has 0 rings (SSSR count). The largest absolute Gasteiger partial charge is 0.287 e. The van der Waals surface area contributed by atoms with Gasteiger partial charge in [0.2, 0.25) is 0 Å². The van der Waals surface area contributed by atoms with Crippen molar-refractivity contribution < 1.29 is 0 Å². The standard InChI is InChI=1S/C3H4Cl4N2/c4-3(5,6)1-2(8)9-7/h1H2,(H2,8,9). The van der Waals surface area contributed by atoms with Crippen LogP contribution in [0.25, 0.3) is 0 Å². The molecule has 0 aliphatic carbocycles. The summed E-state index contributed by atoms with van der Waals surface area (Å²) in [7, 11) is 0. The van der Waals surface area contributed by atoms with Crippen LogP contribution >= 0.6 is 46.6 Å². The van der Waals surface area contributed by atoms with Crippen LogP contribution in [0.1, 0.15) is 6.42 Å². The Morgan fingerprint density at radius 2 is 1.89 bits per heavy atom. The van der Waals surface area contributed by atoms with Gasteiger partial charge in [-0.2, -0.15) is 0 Å². The van der Waals surface area contributed by atoms with Gasteiger partial charge in [0.05, 0.1) is 6.42 Å². The molecule has 0 saturated heterocycles. The fraction of sp³-hybridized carbons (Fsp3) is 0.667. The van der Waals surface area contributed by atoms with Crippen molar-refractivity contribution in [1.29, 1.82) is 5.41 Å². The maximum absolute atomic E-state index is 6.90. The Kier molecular flexibility index (Phi) is 3.97. The topological polar surface area (TPSA) is 35.9 Å². The summed E-state index contributed by atoms with van der Waals surface area (Å²) in [4.78, 5) is 2.02. The first-order valence-electron chi connectivity index (χ1n) is 1.96. The summed E-state index contributed by atoms with van der Waals surface area (Å²) in [5, 5.41) is 6.90. The number of rotatable bonds is 1. The number of alkyl halides is 3. The third-order valence-electron chi connectivity index (χ3n) is 0.491. The van der Waals surface area contributed by atoms with Crippen molar-refractivity contribution in [2.75, 3.05) is 0 Å². The van der Waals surface area contributed by atoms with E-state index >= 15 is 0 Å². The molecule has 0 bridgehead atoms. The number of hydrogen-bond donors (Lipinski definition) is 2. The lowest BCUT2D eigenvalue weighted by atomic mass is 10.4. The molecule has 0 unspecified atom stereocenters. The van der Waals surface area contributed by atoms with Gasteiger partial charge in [0.25, 0.3) is 0 Å². The van der Waals surface area contributed by atoms with Crippen LogP contribution in [-0.2, 0) is 0 Å². The smallest absolute Gasteiger partial charge is 0.197 e. The Labute approximate surface area is 73.0 Å². The molecule has 0 radical (unpaired) electrons. The summed E-state index contributed by atoms with van der Waals surface area (Å²) in [6, 6.07) is 0. The SMILES string of the molecule is N=C(CC(Cl)(Cl)Cl)NCl. The van der Waals surface area contributed by atoms with Crippen LogP contribution in [0.4, 0.5) is 0 Å². The maximum Gasteiger partial charge on any atom is 0.197 e. The van der Waals surface area contributed by atoms with E-state index in [1.807, 2.05) is 4.84 Å². The molecular formula is C3H4Cl4N2. The van der Waals surface area contributed by atoms with Gasteiger partial charge in [-0.15, -0.1) is 0 Å². The van der Waals surface area contributed by atoms with Crippen molar-refractivity contribution in [1.82, 2.24) is 4.84 Å². The fourth-order valence-electron chi connectivity index (χ4n) is 0.234. The molecule has 0 aromatic rings. The molecule has 0 aliphatic heterocycles. The predicted molar refractivity (Wildman–Crippen MR) is 41.6 cm³/mol. The second kappa shape index (κ2) is 3.71. The number of halogens is 4. The Hall–Kier alpha value is 0.630. The first kappa shape index (κ1) is 9.63. The zero-order chi connectivity index (χ0) is 7.49. The molecule has 0 atom stereocenters. The quantitative estimate of drug-likeness (QED) is 0.296. The lowest BCUT2D eigenvalue weighted by molar-refractivity contribution is 1.07. The maximum atomic E-state index is 6.90. The second-order valence-corrected chi connectivity index (χ2v) is 4.07. The molecule has 0 spiro atoms. The third kappa shape index (κ3) is 6.52. The van der Waals surface area contributed by atoms with Crippen LogP contribution in [-0.4, -0.2) is 9.63 Å². The summed E-state index contributed by atoms with van der Waals surface area (Å²) in [5.74, 6) is -0.0170. The summed E-state index contributed by atoms with van der Waals surface area (Å²) in [5.41, 5.74) is 0. The Bertz CT molecular complexity index is 107. The van der Waals surface area contributed by atoms with E-state index in [-0.39, 0.29) is 12.3 Å². The minimum Gasteiger partial charge on any atom is -0.287 e. The zero-order valence-electron chi connectivity index (χ0n) is 4.22. The molecular weight excluding hydrogens is 206 g/mol. The summed E-state index contributed by atoms with van der Waals surface area (Å²) in [6.45, 7) is 0. The molecule has 2 nitrogen and oxygen atoms in total. The van der Waals surface area contributed by atoms with Crippen molar-refractivity contribution >= 4 is 52.4 Å². The lowest BCUT2D eigenvalue weighted by Gasteiger charge is -2.08. The summed E-state index contributed by atoms with van der Waals surface area (Å²) < 4.78 is -1.43. The van der Waals surface area contributed by atoms with E-state index in [2.05, 4.69) is 0 Å². The van der Waals surface area contributed by atoms with Crippen LogP contribution in [0, 0.1) is 5.41 Å². The van der Waals surface area contributed by atoms with E-state index in [9.17, 15) is 0 Å². The monoisotopic (exact) mass is 208 g/mol. The van der Waals surface area contributed by atoms with Crippen molar-refractivity contribution in [2.45, 2.75) is 10.2 Å².